The summed E-state index contributed by atoms with van der Waals surface area (Å²) in [6.07, 6.45) is 1.48. The fourth-order valence-electron chi connectivity index (χ4n) is 3.04. The number of hydrogen-bond donors (Lipinski definition) is 0. The SMILES string of the molecule is Cc1cc(F)c(N2CCC(=O)N3CCCC3C2=O)cc1F. The molecule has 0 saturated carbocycles. The smallest absolute Gasteiger partial charge is 0.249 e. The molecular weight excluding hydrogens is 278 g/mol. The van der Waals surface area contributed by atoms with Crippen molar-refractivity contribution in [1.29, 1.82) is 0 Å². The zero-order valence-electron chi connectivity index (χ0n) is 11.7. The highest BCUT2D eigenvalue weighted by atomic mass is 19.1. The Hall–Kier alpha value is -1.98. The lowest BCUT2D eigenvalue weighted by molar-refractivity contribution is -0.135. The van der Waals surface area contributed by atoms with Crippen LogP contribution in [0.1, 0.15) is 24.8 Å². The number of rotatable bonds is 1. The van der Waals surface area contributed by atoms with Gasteiger partial charge in [-0.2, -0.15) is 0 Å². The first-order valence-corrected chi connectivity index (χ1v) is 7.05. The second-order valence-electron chi connectivity index (χ2n) is 5.54. The van der Waals surface area contributed by atoms with Crippen molar-refractivity contribution < 1.29 is 18.4 Å². The minimum Gasteiger partial charge on any atom is -0.331 e. The Morgan fingerprint density at radius 3 is 2.67 bits per heavy atom. The van der Waals surface area contributed by atoms with Gasteiger partial charge in [0.2, 0.25) is 11.8 Å². The Kier molecular flexibility index (Phi) is 3.39. The highest BCUT2D eigenvalue weighted by Gasteiger charge is 2.40. The number of carbonyl (C=O) groups is 2. The molecule has 2 aliphatic heterocycles. The second kappa shape index (κ2) is 5.09. The lowest BCUT2D eigenvalue weighted by atomic mass is 10.1. The van der Waals surface area contributed by atoms with Gasteiger partial charge >= 0.3 is 0 Å². The molecule has 0 aliphatic carbocycles. The molecule has 112 valence electrons. The normalized spacial score (nSPS) is 22.5. The number of fused-ring (bicyclic) bond motifs is 1. The Labute approximate surface area is 121 Å². The molecule has 2 aliphatic rings. The van der Waals surface area contributed by atoms with Gasteiger partial charge in [-0.05, 0) is 31.4 Å². The molecule has 21 heavy (non-hydrogen) atoms. The van der Waals surface area contributed by atoms with Crippen LogP contribution in [0.25, 0.3) is 0 Å². The van der Waals surface area contributed by atoms with Gasteiger partial charge in [0.15, 0.2) is 0 Å². The van der Waals surface area contributed by atoms with Crippen molar-refractivity contribution in [2.45, 2.75) is 32.2 Å². The minimum atomic E-state index is -0.638. The van der Waals surface area contributed by atoms with Crippen LogP contribution in [0.5, 0.6) is 0 Å². The summed E-state index contributed by atoms with van der Waals surface area (Å²) in [5.41, 5.74) is 0.113. The first-order chi connectivity index (χ1) is 9.99. The van der Waals surface area contributed by atoms with Crippen LogP contribution in [0.2, 0.25) is 0 Å². The molecule has 0 radical (unpaired) electrons. The maximum atomic E-state index is 14.1. The zero-order valence-corrected chi connectivity index (χ0v) is 11.7. The van der Waals surface area contributed by atoms with E-state index in [9.17, 15) is 18.4 Å². The third-order valence-corrected chi connectivity index (χ3v) is 4.19. The van der Waals surface area contributed by atoms with E-state index in [1.165, 1.54) is 11.8 Å². The van der Waals surface area contributed by atoms with E-state index in [0.717, 1.165) is 18.6 Å². The average molecular weight is 294 g/mol. The fourth-order valence-corrected chi connectivity index (χ4v) is 3.04. The molecule has 2 fully saturated rings. The molecule has 0 aromatic heterocycles. The maximum absolute atomic E-state index is 14.1. The van der Waals surface area contributed by atoms with Gasteiger partial charge in [0.1, 0.15) is 17.7 Å². The Morgan fingerprint density at radius 1 is 1.14 bits per heavy atom. The molecule has 2 amide bonds. The van der Waals surface area contributed by atoms with E-state index in [1.54, 1.807) is 4.90 Å². The highest BCUT2D eigenvalue weighted by molar-refractivity contribution is 6.01. The molecule has 6 heteroatoms. The van der Waals surface area contributed by atoms with Crippen molar-refractivity contribution >= 4 is 17.5 Å². The van der Waals surface area contributed by atoms with Crippen LogP contribution in [0, 0.1) is 18.6 Å². The molecule has 1 aromatic rings. The number of aryl methyl sites for hydroxylation is 1. The van der Waals surface area contributed by atoms with Gasteiger partial charge in [-0.1, -0.05) is 0 Å². The van der Waals surface area contributed by atoms with E-state index >= 15 is 0 Å². The highest BCUT2D eigenvalue weighted by Crippen LogP contribution is 2.29. The molecule has 1 aromatic carbocycles. The number of nitrogens with zero attached hydrogens (tertiary/aromatic N) is 2. The standard InChI is InChI=1S/C15H16F2N2O2/c1-9-7-11(17)13(8-10(9)16)19-6-4-14(20)18-5-2-3-12(18)15(19)21/h7-8,12H,2-6H2,1H3. The van der Waals surface area contributed by atoms with Crippen LogP contribution in [-0.2, 0) is 9.59 Å². The average Bonchev–Trinajstić information content (AvgIpc) is 2.89. The molecule has 2 heterocycles. The van der Waals surface area contributed by atoms with Crippen LogP contribution < -0.4 is 4.90 Å². The summed E-state index contributed by atoms with van der Waals surface area (Å²) in [7, 11) is 0. The van der Waals surface area contributed by atoms with E-state index in [1.807, 2.05) is 0 Å². The number of anilines is 1. The van der Waals surface area contributed by atoms with Gasteiger partial charge in [-0.15, -0.1) is 0 Å². The number of hydrogen-bond acceptors (Lipinski definition) is 2. The summed E-state index contributed by atoms with van der Waals surface area (Å²) < 4.78 is 27.8. The van der Waals surface area contributed by atoms with Gasteiger partial charge in [-0.25, -0.2) is 8.78 Å². The lowest BCUT2D eigenvalue weighted by Crippen LogP contribution is -2.44. The number of benzene rings is 1. The Bertz CT molecular complexity index is 618. The Balaban J connectivity index is 2.00. The summed E-state index contributed by atoms with van der Waals surface area (Å²) in [6.45, 7) is 2.12. The lowest BCUT2D eigenvalue weighted by Gasteiger charge is -2.25. The molecular formula is C15H16F2N2O2. The third-order valence-electron chi connectivity index (χ3n) is 4.19. The summed E-state index contributed by atoms with van der Waals surface area (Å²) in [4.78, 5) is 27.3. The first kappa shape index (κ1) is 14.0. The van der Waals surface area contributed by atoms with Crippen molar-refractivity contribution in [1.82, 2.24) is 4.90 Å². The van der Waals surface area contributed by atoms with Gasteiger partial charge in [-0.3, -0.25) is 9.59 Å². The molecule has 2 saturated heterocycles. The van der Waals surface area contributed by atoms with Crippen molar-refractivity contribution in [3.05, 3.63) is 29.3 Å². The predicted octanol–water partition coefficient (Wildman–Crippen LogP) is 2.00. The first-order valence-electron chi connectivity index (χ1n) is 7.05. The quantitative estimate of drug-likeness (QED) is 0.795. The summed E-state index contributed by atoms with van der Waals surface area (Å²) in [6, 6.07) is 1.58. The van der Waals surface area contributed by atoms with E-state index in [4.69, 9.17) is 0 Å². The van der Waals surface area contributed by atoms with Crippen LogP contribution in [0.3, 0.4) is 0 Å². The number of halogens is 2. The van der Waals surface area contributed by atoms with Gasteiger partial charge in [0.05, 0.1) is 5.69 Å². The number of carbonyl (C=O) groups excluding carboxylic acids is 2. The monoisotopic (exact) mass is 294 g/mol. The second-order valence-corrected chi connectivity index (χ2v) is 5.54. The zero-order chi connectivity index (χ0) is 15.1. The molecule has 0 bridgehead atoms. The van der Waals surface area contributed by atoms with Crippen LogP contribution in [0.15, 0.2) is 12.1 Å². The third kappa shape index (κ3) is 2.28. The molecule has 0 spiro atoms. The van der Waals surface area contributed by atoms with E-state index in [2.05, 4.69) is 0 Å². The molecule has 0 N–H and O–H groups in total. The van der Waals surface area contributed by atoms with Crippen LogP contribution >= 0.6 is 0 Å². The van der Waals surface area contributed by atoms with Gasteiger partial charge in [0, 0.05) is 25.6 Å². The van der Waals surface area contributed by atoms with Crippen molar-refractivity contribution in [2.75, 3.05) is 18.0 Å². The summed E-state index contributed by atoms with van der Waals surface area (Å²) in [5, 5.41) is 0. The summed E-state index contributed by atoms with van der Waals surface area (Å²) in [5.74, 6) is -1.61. The minimum absolute atomic E-state index is 0.0790. The van der Waals surface area contributed by atoms with Crippen LogP contribution in [0.4, 0.5) is 14.5 Å². The van der Waals surface area contributed by atoms with E-state index in [0.29, 0.717) is 13.0 Å². The largest absolute Gasteiger partial charge is 0.331 e. The predicted molar refractivity (Wildman–Crippen MR) is 72.8 cm³/mol. The molecule has 1 atom stereocenters. The molecule has 1 unspecified atom stereocenters. The van der Waals surface area contributed by atoms with Crippen molar-refractivity contribution in [2.24, 2.45) is 0 Å². The molecule has 4 nitrogen and oxygen atoms in total. The van der Waals surface area contributed by atoms with Crippen molar-refractivity contribution in [3.8, 4) is 0 Å². The number of amides is 2. The van der Waals surface area contributed by atoms with E-state index in [-0.39, 0.29) is 36.0 Å². The van der Waals surface area contributed by atoms with Gasteiger partial charge < -0.3 is 9.80 Å². The maximum Gasteiger partial charge on any atom is 0.249 e. The van der Waals surface area contributed by atoms with E-state index < -0.39 is 17.7 Å². The van der Waals surface area contributed by atoms with Crippen LogP contribution in [-0.4, -0.2) is 35.8 Å². The Morgan fingerprint density at radius 2 is 1.90 bits per heavy atom. The fraction of sp³-hybridized carbons (Fsp3) is 0.467. The summed E-state index contributed by atoms with van der Waals surface area (Å²) >= 11 is 0. The molecule has 3 rings (SSSR count). The topological polar surface area (TPSA) is 40.6 Å². The van der Waals surface area contributed by atoms with Gasteiger partial charge in [0.25, 0.3) is 0 Å². The van der Waals surface area contributed by atoms with Crippen molar-refractivity contribution in [3.63, 3.8) is 0 Å².